The highest BCUT2D eigenvalue weighted by Crippen LogP contribution is 1.89. The summed E-state index contributed by atoms with van der Waals surface area (Å²) < 4.78 is 33.3. The third-order valence-corrected chi connectivity index (χ3v) is 3.23. The van der Waals surface area contributed by atoms with Crippen molar-refractivity contribution < 1.29 is 22.4 Å². The van der Waals surface area contributed by atoms with Crippen LogP contribution in [-0.4, -0.2) is 42.7 Å². The van der Waals surface area contributed by atoms with E-state index in [1.54, 1.807) is 0 Å². The van der Waals surface area contributed by atoms with Gasteiger partial charge in [-0.25, -0.2) is 13.3 Å². The lowest BCUT2D eigenvalue weighted by atomic mass is 10.3. The summed E-state index contributed by atoms with van der Waals surface area (Å²) in [4.78, 5) is 1.10. The fourth-order valence-electron chi connectivity index (χ4n) is 1.57. The molecule has 0 saturated carbocycles. The minimum atomic E-state index is -4.06. The second-order valence-electron chi connectivity index (χ2n) is 3.98. The molecule has 0 aliphatic carbocycles. The first-order chi connectivity index (χ1) is 7.51. The highest BCUT2D eigenvalue weighted by molar-refractivity contribution is 7.85. The van der Waals surface area contributed by atoms with Crippen molar-refractivity contribution in [1.29, 1.82) is 0 Å². The number of hydrogen-bond donors (Lipinski definition) is 1. The first kappa shape index (κ1) is 13.3. The number of rotatable bonds is 7. The zero-order valence-electron chi connectivity index (χ0n) is 9.55. The zero-order valence-corrected chi connectivity index (χ0v) is 10.4. The number of unbranched alkanes of at least 4 members (excludes halogenated alkanes) is 1. The number of hydrogen-bond acceptors (Lipinski definition) is 3. The Bertz CT molecular complexity index is 374. The van der Waals surface area contributed by atoms with Crippen molar-refractivity contribution in [3.8, 4) is 0 Å². The first-order valence-corrected chi connectivity index (χ1v) is 7.17. The Morgan fingerprint density at radius 1 is 1.38 bits per heavy atom. The SMILES string of the molecule is CCCC[N+]1=C[NH+](CCCS(=O)(=O)[O-])C=C1. The van der Waals surface area contributed by atoms with Crippen molar-refractivity contribution in [2.24, 2.45) is 0 Å². The van der Waals surface area contributed by atoms with Crippen LogP contribution in [0.1, 0.15) is 26.2 Å². The summed E-state index contributed by atoms with van der Waals surface area (Å²) in [5.41, 5.74) is 0. The maximum Gasteiger partial charge on any atom is 0.335 e. The molecule has 0 bridgehead atoms. The van der Waals surface area contributed by atoms with Gasteiger partial charge in [-0.15, -0.1) is 0 Å². The van der Waals surface area contributed by atoms with Crippen LogP contribution < -0.4 is 4.90 Å². The van der Waals surface area contributed by atoms with Gasteiger partial charge >= 0.3 is 6.34 Å². The van der Waals surface area contributed by atoms with Gasteiger partial charge in [0.05, 0.1) is 16.7 Å². The quantitative estimate of drug-likeness (QED) is 0.470. The van der Waals surface area contributed by atoms with Gasteiger partial charge in [-0.1, -0.05) is 13.3 Å². The number of quaternary nitrogens is 1. The Morgan fingerprint density at radius 2 is 2.12 bits per heavy atom. The topological polar surface area (TPSA) is 64.7 Å². The molecule has 1 unspecified atom stereocenters. The van der Waals surface area contributed by atoms with E-state index in [1.165, 1.54) is 0 Å². The molecule has 0 saturated heterocycles. The molecule has 0 radical (unpaired) electrons. The van der Waals surface area contributed by atoms with Crippen molar-refractivity contribution >= 4 is 16.5 Å². The van der Waals surface area contributed by atoms with Crippen LogP contribution in [0, 0.1) is 0 Å². The molecule has 16 heavy (non-hydrogen) atoms. The smallest absolute Gasteiger partial charge is 0.335 e. The van der Waals surface area contributed by atoms with E-state index >= 15 is 0 Å². The Morgan fingerprint density at radius 3 is 2.75 bits per heavy atom. The van der Waals surface area contributed by atoms with E-state index in [9.17, 15) is 13.0 Å². The molecule has 0 aromatic carbocycles. The molecular weight excluding hydrogens is 228 g/mol. The van der Waals surface area contributed by atoms with Gasteiger partial charge in [-0.3, -0.25) is 0 Å². The Hall–Kier alpha value is -0.720. The van der Waals surface area contributed by atoms with Crippen LogP contribution in [0.5, 0.6) is 0 Å². The third-order valence-electron chi connectivity index (χ3n) is 2.44. The van der Waals surface area contributed by atoms with Gasteiger partial charge in [-0.2, -0.15) is 4.58 Å². The number of nitrogens with zero attached hydrogens (tertiary/aromatic N) is 1. The summed E-state index contributed by atoms with van der Waals surface area (Å²) in [6.45, 7) is 3.79. The lowest BCUT2D eigenvalue weighted by molar-refractivity contribution is -0.749. The van der Waals surface area contributed by atoms with Crippen molar-refractivity contribution in [3.63, 3.8) is 0 Å². The highest BCUT2D eigenvalue weighted by atomic mass is 32.2. The molecule has 6 heteroatoms. The Balaban J connectivity index is 2.26. The van der Waals surface area contributed by atoms with Gasteiger partial charge in [0.25, 0.3) is 0 Å². The normalized spacial score (nSPS) is 20.1. The highest BCUT2D eigenvalue weighted by Gasteiger charge is 2.16. The van der Waals surface area contributed by atoms with Crippen LogP contribution in [0.15, 0.2) is 12.4 Å². The zero-order chi connectivity index (χ0) is 12.0. The summed E-state index contributed by atoms with van der Waals surface area (Å²) in [6, 6.07) is 0. The van der Waals surface area contributed by atoms with Crippen LogP contribution in [-0.2, 0) is 10.1 Å². The van der Waals surface area contributed by atoms with E-state index in [-0.39, 0.29) is 5.75 Å². The first-order valence-electron chi connectivity index (χ1n) is 5.59. The van der Waals surface area contributed by atoms with Crippen LogP contribution >= 0.6 is 0 Å². The molecule has 1 N–H and O–H groups in total. The lowest BCUT2D eigenvalue weighted by Crippen LogP contribution is -3.06. The van der Waals surface area contributed by atoms with Gasteiger partial charge in [-0.05, 0) is 0 Å². The van der Waals surface area contributed by atoms with E-state index < -0.39 is 10.1 Å². The molecule has 0 aromatic heterocycles. The van der Waals surface area contributed by atoms with Crippen LogP contribution in [0.3, 0.4) is 0 Å². The summed E-state index contributed by atoms with van der Waals surface area (Å²) in [6.07, 6.45) is 8.70. The summed E-state index contributed by atoms with van der Waals surface area (Å²) in [5.74, 6) is -0.271. The van der Waals surface area contributed by atoms with Gasteiger partial charge in [0.15, 0.2) is 12.7 Å². The minimum absolute atomic E-state index is 0.271. The van der Waals surface area contributed by atoms with Crippen molar-refractivity contribution in [3.05, 3.63) is 12.4 Å². The maximum absolute atomic E-state index is 10.4. The largest absolute Gasteiger partial charge is 0.748 e. The minimum Gasteiger partial charge on any atom is -0.748 e. The fraction of sp³-hybridized carbons (Fsp3) is 0.700. The van der Waals surface area contributed by atoms with E-state index in [1.807, 2.05) is 18.7 Å². The third kappa shape index (κ3) is 5.39. The molecule has 1 rings (SSSR count). The fourth-order valence-corrected chi connectivity index (χ4v) is 2.07. The van der Waals surface area contributed by atoms with E-state index in [2.05, 4.69) is 11.5 Å². The van der Waals surface area contributed by atoms with Crippen LogP contribution in [0.2, 0.25) is 0 Å². The van der Waals surface area contributed by atoms with E-state index in [0.29, 0.717) is 13.0 Å². The van der Waals surface area contributed by atoms with Crippen molar-refractivity contribution in [2.45, 2.75) is 26.2 Å². The maximum atomic E-state index is 10.4. The molecule has 1 atom stereocenters. The van der Waals surface area contributed by atoms with E-state index in [4.69, 9.17) is 0 Å². The monoisotopic (exact) mass is 247 g/mol. The van der Waals surface area contributed by atoms with Gasteiger partial charge in [0.1, 0.15) is 0 Å². The molecule has 0 amide bonds. The van der Waals surface area contributed by atoms with Gasteiger partial charge in [0, 0.05) is 18.6 Å². The molecule has 1 heterocycles. The van der Waals surface area contributed by atoms with E-state index in [0.717, 1.165) is 24.3 Å². The van der Waals surface area contributed by atoms with Crippen LogP contribution in [0.4, 0.5) is 0 Å². The standard InChI is InChI=1S/C10H18N2O3S/c1-2-3-5-11-7-8-12(10-11)6-4-9-16(13,14)15/h7-8,10H,2-6,9H2,1H3/p+1. The molecule has 92 valence electrons. The lowest BCUT2D eigenvalue weighted by Gasteiger charge is -2.06. The molecule has 1 aliphatic rings. The predicted molar refractivity (Wildman–Crippen MR) is 60.3 cm³/mol. The Labute approximate surface area is 96.8 Å². The molecule has 0 spiro atoms. The van der Waals surface area contributed by atoms with Crippen molar-refractivity contribution in [2.75, 3.05) is 18.8 Å². The number of nitrogens with one attached hydrogen (secondary N) is 1. The summed E-state index contributed by atoms with van der Waals surface area (Å²) >= 11 is 0. The van der Waals surface area contributed by atoms with Crippen LogP contribution in [0.25, 0.3) is 0 Å². The predicted octanol–water partition coefficient (Wildman–Crippen LogP) is -0.868. The van der Waals surface area contributed by atoms with Gasteiger partial charge in [0.2, 0.25) is 6.20 Å². The molecule has 0 aromatic rings. The summed E-state index contributed by atoms with van der Waals surface area (Å²) in [7, 11) is -4.06. The van der Waals surface area contributed by atoms with Gasteiger partial charge < -0.3 is 4.55 Å². The molecular formula is C10H19N2O3S+. The molecule has 0 fully saturated rings. The second kappa shape index (κ2) is 6.12. The molecule has 5 nitrogen and oxygen atoms in total. The average Bonchev–Trinajstić information content (AvgIpc) is 2.61. The molecule has 1 aliphatic heterocycles. The summed E-state index contributed by atoms with van der Waals surface area (Å²) in [5, 5.41) is 0. The second-order valence-corrected chi connectivity index (χ2v) is 5.50. The Kier molecular flexibility index (Phi) is 5.11. The van der Waals surface area contributed by atoms with Crippen molar-refractivity contribution in [1.82, 2.24) is 0 Å². The average molecular weight is 247 g/mol.